The van der Waals surface area contributed by atoms with E-state index in [2.05, 4.69) is 19.1 Å². The first-order valence-corrected chi connectivity index (χ1v) is 10.3. The van der Waals surface area contributed by atoms with E-state index in [-0.39, 0.29) is 23.6 Å². The molecule has 0 heterocycles. The molecule has 2 fully saturated rings. The minimum Gasteiger partial charge on any atom is -0.469 e. The number of carbonyl (C=O) groups is 1. The number of fused-ring (bicyclic) bond motifs is 1. The highest BCUT2D eigenvalue weighted by Crippen LogP contribution is 2.55. The van der Waals surface area contributed by atoms with E-state index in [1.54, 1.807) is 0 Å². The topological polar surface area (TPSA) is 66.8 Å². The van der Waals surface area contributed by atoms with Crippen molar-refractivity contribution in [2.24, 2.45) is 23.2 Å². The van der Waals surface area contributed by atoms with Gasteiger partial charge in [0.15, 0.2) is 0 Å². The molecule has 3 aliphatic carbocycles. The van der Waals surface area contributed by atoms with E-state index in [1.165, 1.54) is 25.5 Å². The Labute approximate surface area is 157 Å². The number of methoxy groups -OCH3 is 1. The summed E-state index contributed by atoms with van der Waals surface area (Å²) in [5.41, 5.74) is 1.14. The summed E-state index contributed by atoms with van der Waals surface area (Å²) >= 11 is 0. The van der Waals surface area contributed by atoms with E-state index in [0.29, 0.717) is 24.2 Å². The lowest BCUT2D eigenvalue weighted by atomic mass is 9.74. The molecule has 2 unspecified atom stereocenters. The van der Waals surface area contributed by atoms with Crippen molar-refractivity contribution in [3.8, 4) is 0 Å². The van der Waals surface area contributed by atoms with Crippen LogP contribution in [-0.2, 0) is 9.53 Å². The van der Waals surface area contributed by atoms with Crippen LogP contribution in [0.25, 0.3) is 0 Å². The first-order valence-electron chi connectivity index (χ1n) is 10.3. The Morgan fingerprint density at radius 2 is 2.15 bits per heavy atom. The molecule has 5 atom stereocenters. The van der Waals surface area contributed by atoms with Gasteiger partial charge in [-0.05, 0) is 56.3 Å². The Balaban J connectivity index is 1.58. The molecule has 4 heteroatoms. The van der Waals surface area contributed by atoms with Crippen LogP contribution >= 0.6 is 0 Å². The normalized spacial score (nSPS) is 35.7. The number of hydrogen-bond acceptors (Lipinski definition) is 4. The molecule has 0 saturated heterocycles. The predicted molar refractivity (Wildman–Crippen MR) is 101 cm³/mol. The van der Waals surface area contributed by atoms with Crippen molar-refractivity contribution in [3.05, 3.63) is 23.8 Å². The standard InChI is InChI=1S/C22H34O4/c1-22(11-10-19(23)16-7-3-4-8-16)18-13-15(6-5-9-21(25)26-2)12-17(18)14-20(22)24/h10-12,16-20,23-24H,3-9,13-14H2,1-2H3/b11-10+/t17?,18-,19+,20+,22?/m0/s1. The maximum atomic E-state index is 11.3. The van der Waals surface area contributed by atoms with Crippen LogP contribution in [0.3, 0.4) is 0 Å². The van der Waals surface area contributed by atoms with E-state index in [9.17, 15) is 15.0 Å². The first kappa shape index (κ1) is 19.6. The Hall–Kier alpha value is -1.13. The van der Waals surface area contributed by atoms with Crippen LogP contribution in [0.1, 0.15) is 64.7 Å². The number of rotatable bonds is 7. The monoisotopic (exact) mass is 362 g/mol. The number of allylic oxidation sites excluding steroid dienone is 2. The Morgan fingerprint density at radius 3 is 2.85 bits per heavy atom. The minimum absolute atomic E-state index is 0.145. The maximum Gasteiger partial charge on any atom is 0.305 e. The van der Waals surface area contributed by atoms with Crippen molar-refractivity contribution in [2.45, 2.75) is 76.9 Å². The van der Waals surface area contributed by atoms with Gasteiger partial charge in [-0.15, -0.1) is 0 Å². The fraction of sp³-hybridized carbons (Fsp3) is 0.773. The Bertz CT molecular complexity index is 560. The minimum atomic E-state index is -0.380. The van der Waals surface area contributed by atoms with Gasteiger partial charge in [-0.3, -0.25) is 4.79 Å². The highest BCUT2D eigenvalue weighted by atomic mass is 16.5. The van der Waals surface area contributed by atoms with Gasteiger partial charge in [-0.25, -0.2) is 0 Å². The third-order valence-corrected chi connectivity index (χ3v) is 7.10. The molecule has 3 rings (SSSR count). The fourth-order valence-corrected chi connectivity index (χ4v) is 5.34. The number of aliphatic hydroxyl groups is 2. The molecule has 0 spiro atoms. The summed E-state index contributed by atoms with van der Waals surface area (Å²) in [6.07, 6.45) is 14.3. The summed E-state index contributed by atoms with van der Waals surface area (Å²) < 4.78 is 4.71. The molecular formula is C22H34O4. The zero-order chi connectivity index (χ0) is 18.7. The number of esters is 1. The van der Waals surface area contributed by atoms with Crippen molar-refractivity contribution >= 4 is 5.97 Å². The Kier molecular flexibility index (Phi) is 6.24. The molecule has 0 aromatic heterocycles. The SMILES string of the molecule is COC(=O)CCCC1=CC2C[C@@H](O)C(C)(/C=C/[C@@H](O)C3CCCC3)[C@H]2C1. The molecular weight excluding hydrogens is 328 g/mol. The van der Waals surface area contributed by atoms with Crippen molar-refractivity contribution < 1.29 is 19.7 Å². The van der Waals surface area contributed by atoms with Crippen LogP contribution in [0, 0.1) is 23.2 Å². The van der Waals surface area contributed by atoms with E-state index < -0.39 is 0 Å². The smallest absolute Gasteiger partial charge is 0.305 e. The highest BCUT2D eigenvalue weighted by molar-refractivity contribution is 5.69. The molecule has 0 aromatic rings. The predicted octanol–water partition coefficient (Wildman–Crippen LogP) is 3.77. The number of aliphatic hydroxyl groups excluding tert-OH is 2. The average molecular weight is 363 g/mol. The summed E-state index contributed by atoms with van der Waals surface area (Å²) in [4.78, 5) is 11.3. The van der Waals surface area contributed by atoms with Crippen LogP contribution in [0.15, 0.2) is 23.8 Å². The van der Waals surface area contributed by atoms with Gasteiger partial charge in [0.05, 0.1) is 19.3 Å². The van der Waals surface area contributed by atoms with Crippen molar-refractivity contribution in [2.75, 3.05) is 7.11 Å². The van der Waals surface area contributed by atoms with Gasteiger partial charge < -0.3 is 14.9 Å². The van der Waals surface area contributed by atoms with Gasteiger partial charge in [0.1, 0.15) is 0 Å². The lowest BCUT2D eigenvalue weighted by Crippen LogP contribution is -2.31. The van der Waals surface area contributed by atoms with Crippen molar-refractivity contribution in [3.63, 3.8) is 0 Å². The van der Waals surface area contributed by atoms with Crippen LogP contribution in [0.2, 0.25) is 0 Å². The molecule has 0 aromatic carbocycles. The molecule has 0 aliphatic heterocycles. The van der Waals surface area contributed by atoms with E-state index in [0.717, 1.165) is 38.5 Å². The maximum absolute atomic E-state index is 11.3. The van der Waals surface area contributed by atoms with Gasteiger partial charge in [0.2, 0.25) is 0 Å². The number of ether oxygens (including phenoxy) is 1. The number of hydrogen-bond donors (Lipinski definition) is 2. The van der Waals surface area contributed by atoms with Gasteiger partial charge in [0.25, 0.3) is 0 Å². The second-order valence-electron chi connectivity index (χ2n) is 8.74. The van der Waals surface area contributed by atoms with Gasteiger partial charge >= 0.3 is 5.97 Å². The molecule has 0 radical (unpaired) electrons. The fourth-order valence-electron chi connectivity index (χ4n) is 5.34. The largest absolute Gasteiger partial charge is 0.469 e. The van der Waals surface area contributed by atoms with Gasteiger partial charge in [-0.1, -0.05) is 43.6 Å². The third-order valence-electron chi connectivity index (χ3n) is 7.10. The molecule has 146 valence electrons. The third kappa shape index (κ3) is 4.07. The van der Waals surface area contributed by atoms with Crippen LogP contribution in [-0.4, -0.2) is 35.5 Å². The van der Waals surface area contributed by atoms with Crippen LogP contribution in [0.4, 0.5) is 0 Å². The van der Waals surface area contributed by atoms with Crippen molar-refractivity contribution in [1.29, 1.82) is 0 Å². The molecule has 3 aliphatic rings. The quantitative estimate of drug-likeness (QED) is 0.534. The van der Waals surface area contributed by atoms with Crippen LogP contribution < -0.4 is 0 Å². The average Bonchev–Trinajstić information content (AvgIpc) is 3.33. The zero-order valence-electron chi connectivity index (χ0n) is 16.2. The van der Waals surface area contributed by atoms with E-state index in [4.69, 9.17) is 4.74 Å². The number of carbonyl (C=O) groups excluding carboxylic acids is 1. The first-order chi connectivity index (χ1) is 12.4. The van der Waals surface area contributed by atoms with Crippen LogP contribution in [0.5, 0.6) is 0 Å². The van der Waals surface area contributed by atoms with Gasteiger partial charge in [0, 0.05) is 11.8 Å². The van der Waals surface area contributed by atoms with E-state index in [1.807, 2.05) is 6.08 Å². The summed E-state index contributed by atoms with van der Waals surface area (Å²) in [5.74, 6) is 1.06. The molecule has 26 heavy (non-hydrogen) atoms. The summed E-state index contributed by atoms with van der Waals surface area (Å²) in [7, 11) is 1.43. The molecule has 0 bridgehead atoms. The molecule has 2 N–H and O–H groups in total. The Morgan fingerprint density at radius 1 is 1.42 bits per heavy atom. The second-order valence-corrected chi connectivity index (χ2v) is 8.74. The lowest BCUT2D eigenvalue weighted by molar-refractivity contribution is -0.140. The molecule has 2 saturated carbocycles. The lowest BCUT2D eigenvalue weighted by Gasteiger charge is -2.32. The highest BCUT2D eigenvalue weighted by Gasteiger charge is 2.51. The van der Waals surface area contributed by atoms with Gasteiger partial charge in [-0.2, -0.15) is 0 Å². The summed E-state index contributed by atoms with van der Waals surface area (Å²) in [6, 6.07) is 0. The molecule has 0 amide bonds. The summed E-state index contributed by atoms with van der Waals surface area (Å²) in [5, 5.41) is 21.1. The van der Waals surface area contributed by atoms with E-state index >= 15 is 0 Å². The van der Waals surface area contributed by atoms with Crippen molar-refractivity contribution in [1.82, 2.24) is 0 Å². The second kappa shape index (κ2) is 8.26. The molecule has 4 nitrogen and oxygen atoms in total. The summed E-state index contributed by atoms with van der Waals surface area (Å²) in [6.45, 7) is 2.14. The zero-order valence-corrected chi connectivity index (χ0v) is 16.2.